The van der Waals surface area contributed by atoms with Gasteiger partial charge in [0.2, 0.25) is 5.91 Å². The van der Waals surface area contributed by atoms with Crippen molar-refractivity contribution >= 4 is 35.1 Å². The molecule has 21 heavy (non-hydrogen) atoms. The molecule has 1 amide bonds. The van der Waals surface area contributed by atoms with Gasteiger partial charge in [0.1, 0.15) is 0 Å². The highest BCUT2D eigenvalue weighted by Gasteiger charge is 2.35. The number of halogens is 2. The number of carboxylic acids is 1. The van der Waals surface area contributed by atoms with E-state index in [1.165, 1.54) is 0 Å². The molecule has 0 spiro atoms. The van der Waals surface area contributed by atoms with Crippen LogP contribution in [-0.4, -0.2) is 34.5 Å². The molecule has 1 aliphatic heterocycles. The van der Waals surface area contributed by atoms with Gasteiger partial charge in [0.05, 0.1) is 12.3 Å². The van der Waals surface area contributed by atoms with E-state index >= 15 is 0 Å². The first kappa shape index (κ1) is 16.1. The van der Waals surface area contributed by atoms with Crippen molar-refractivity contribution in [3.8, 4) is 0 Å². The summed E-state index contributed by atoms with van der Waals surface area (Å²) in [7, 11) is 0. The quantitative estimate of drug-likeness (QED) is 0.926. The van der Waals surface area contributed by atoms with Crippen molar-refractivity contribution in [3.63, 3.8) is 0 Å². The predicted octanol–water partition coefficient (Wildman–Crippen LogP) is 3.25. The Morgan fingerprint density at radius 3 is 2.71 bits per heavy atom. The third-order valence-electron chi connectivity index (χ3n) is 3.98. The number of likely N-dealkylation sites (tertiary alicyclic amines) is 1. The van der Waals surface area contributed by atoms with E-state index in [-0.39, 0.29) is 18.4 Å². The van der Waals surface area contributed by atoms with Crippen molar-refractivity contribution in [2.75, 3.05) is 6.54 Å². The van der Waals surface area contributed by atoms with Crippen LogP contribution in [0.2, 0.25) is 10.0 Å². The van der Waals surface area contributed by atoms with Gasteiger partial charge in [-0.3, -0.25) is 9.59 Å². The smallest absolute Gasteiger partial charge is 0.308 e. The molecule has 0 aromatic heterocycles. The zero-order chi connectivity index (χ0) is 15.6. The number of carbonyl (C=O) groups is 2. The fourth-order valence-electron chi connectivity index (χ4n) is 2.75. The fourth-order valence-corrected chi connectivity index (χ4v) is 3.23. The maximum absolute atomic E-state index is 12.4. The number of benzene rings is 1. The molecule has 1 fully saturated rings. The Bertz CT molecular complexity index is 562. The van der Waals surface area contributed by atoms with Crippen molar-refractivity contribution < 1.29 is 14.7 Å². The molecule has 0 bridgehead atoms. The number of rotatable bonds is 3. The van der Waals surface area contributed by atoms with Gasteiger partial charge in [-0.25, -0.2) is 0 Å². The summed E-state index contributed by atoms with van der Waals surface area (Å²) in [5.41, 5.74) is 0.704. The highest BCUT2D eigenvalue weighted by molar-refractivity contribution is 6.35. The normalized spacial score (nSPS) is 22.1. The maximum atomic E-state index is 12.4. The van der Waals surface area contributed by atoms with E-state index in [1.807, 2.05) is 0 Å². The molecule has 1 heterocycles. The zero-order valence-electron chi connectivity index (χ0n) is 11.7. The molecule has 1 aromatic rings. The van der Waals surface area contributed by atoms with E-state index in [1.54, 1.807) is 30.0 Å². The highest BCUT2D eigenvalue weighted by Crippen LogP contribution is 2.26. The molecule has 1 N–H and O–H groups in total. The lowest BCUT2D eigenvalue weighted by Crippen LogP contribution is -2.49. The van der Waals surface area contributed by atoms with Crippen molar-refractivity contribution in [2.45, 2.75) is 32.2 Å². The zero-order valence-corrected chi connectivity index (χ0v) is 13.2. The Hall–Kier alpha value is -1.26. The average molecular weight is 330 g/mol. The fraction of sp³-hybridized carbons (Fsp3) is 0.467. The minimum Gasteiger partial charge on any atom is -0.481 e. The molecule has 6 heteroatoms. The molecule has 1 saturated heterocycles. The van der Waals surface area contributed by atoms with Gasteiger partial charge in [-0.1, -0.05) is 29.3 Å². The molecule has 114 valence electrons. The van der Waals surface area contributed by atoms with Crippen LogP contribution in [0.3, 0.4) is 0 Å². The molecule has 0 saturated carbocycles. The van der Waals surface area contributed by atoms with Gasteiger partial charge >= 0.3 is 5.97 Å². The topological polar surface area (TPSA) is 57.6 Å². The summed E-state index contributed by atoms with van der Waals surface area (Å²) in [5.74, 6) is -1.44. The number of hydrogen-bond acceptors (Lipinski definition) is 2. The second kappa shape index (κ2) is 6.67. The van der Waals surface area contributed by atoms with Crippen LogP contribution in [0.15, 0.2) is 18.2 Å². The molecule has 0 aliphatic carbocycles. The summed E-state index contributed by atoms with van der Waals surface area (Å²) in [5, 5.41) is 10.2. The van der Waals surface area contributed by atoms with Crippen molar-refractivity contribution in [1.29, 1.82) is 0 Å². The average Bonchev–Trinajstić information content (AvgIpc) is 2.41. The van der Waals surface area contributed by atoms with Crippen molar-refractivity contribution in [3.05, 3.63) is 33.8 Å². The Morgan fingerprint density at radius 2 is 2.10 bits per heavy atom. The monoisotopic (exact) mass is 329 g/mol. The van der Waals surface area contributed by atoms with Gasteiger partial charge in [-0.05, 0) is 37.5 Å². The summed E-state index contributed by atoms with van der Waals surface area (Å²) in [6, 6.07) is 4.72. The summed E-state index contributed by atoms with van der Waals surface area (Å²) in [6.07, 6.45) is 1.48. The molecular formula is C15H17Cl2NO3. The van der Waals surface area contributed by atoms with Crippen LogP contribution < -0.4 is 0 Å². The molecular weight excluding hydrogens is 313 g/mol. The number of piperidine rings is 1. The third kappa shape index (κ3) is 3.69. The number of aliphatic carboxylic acids is 1. The predicted molar refractivity (Wildman–Crippen MR) is 81.7 cm³/mol. The molecule has 2 rings (SSSR count). The Kier molecular flexibility index (Phi) is 5.12. The van der Waals surface area contributed by atoms with E-state index in [9.17, 15) is 14.7 Å². The summed E-state index contributed by atoms with van der Waals surface area (Å²) in [4.78, 5) is 25.3. The minimum atomic E-state index is -0.843. The minimum absolute atomic E-state index is 0.0994. The number of carbonyl (C=O) groups excluding carboxylic acids is 1. The number of nitrogens with zero attached hydrogens (tertiary/aromatic N) is 1. The molecule has 1 aromatic carbocycles. The Morgan fingerprint density at radius 1 is 1.38 bits per heavy atom. The standard InChI is InChI=1S/C15H17Cl2NO3/c1-9-12(15(20)21)3-2-6-18(9)14(19)7-10-4-5-11(16)8-13(10)17/h4-5,8-9,12H,2-3,6-7H2,1H3,(H,20,21)/t9-,12-/m1/s1. The SMILES string of the molecule is C[C@@H]1[C@H](C(=O)O)CCCN1C(=O)Cc1ccc(Cl)cc1Cl. The lowest BCUT2D eigenvalue weighted by atomic mass is 9.90. The van der Waals surface area contributed by atoms with E-state index in [0.717, 1.165) is 0 Å². The van der Waals surface area contributed by atoms with Gasteiger partial charge in [0, 0.05) is 22.6 Å². The van der Waals surface area contributed by atoms with Gasteiger partial charge in [0.25, 0.3) is 0 Å². The van der Waals surface area contributed by atoms with Crippen LogP contribution in [0, 0.1) is 5.92 Å². The molecule has 0 unspecified atom stereocenters. The third-order valence-corrected chi connectivity index (χ3v) is 4.57. The van der Waals surface area contributed by atoms with Gasteiger partial charge in [-0.15, -0.1) is 0 Å². The lowest BCUT2D eigenvalue weighted by molar-refractivity contribution is -0.148. The number of hydrogen-bond donors (Lipinski definition) is 1. The largest absolute Gasteiger partial charge is 0.481 e. The van der Waals surface area contributed by atoms with E-state index in [0.29, 0.717) is 35.0 Å². The molecule has 4 nitrogen and oxygen atoms in total. The molecule has 1 aliphatic rings. The Balaban J connectivity index is 2.10. The van der Waals surface area contributed by atoms with Crippen LogP contribution in [0.5, 0.6) is 0 Å². The van der Waals surface area contributed by atoms with Crippen LogP contribution >= 0.6 is 23.2 Å². The maximum Gasteiger partial charge on any atom is 0.308 e. The van der Waals surface area contributed by atoms with Crippen molar-refractivity contribution in [1.82, 2.24) is 4.90 Å². The van der Waals surface area contributed by atoms with Crippen LogP contribution in [0.4, 0.5) is 0 Å². The van der Waals surface area contributed by atoms with E-state index < -0.39 is 11.9 Å². The Labute approximate surface area is 133 Å². The first-order valence-corrected chi connectivity index (χ1v) is 7.62. The van der Waals surface area contributed by atoms with Gasteiger partial charge < -0.3 is 10.0 Å². The second-order valence-corrected chi connectivity index (χ2v) is 6.17. The first-order valence-electron chi connectivity index (χ1n) is 6.86. The van der Waals surface area contributed by atoms with Gasteiger partial charge in [-0.2, -0.15) is 0 Å². The molecule has 0 radical (unpaired) electrons. The second-order valence-electron chi connectivity index (χ2n) is 5.33. The molecule has 2 atom stereocenters. The van der Waals surface area contributed by atoms with E-state index in [2.05, 4.69) is 0 Å². The van der Waals surface area contributed by atoms with Crippen LogP contribution in [0.25, 0.3) is 0 Å². The number of amides is 1. The van der Waals surface area contributed by atoms with Gasteiger partial charge in [0.15, 0.2) is 0 Å². The summed E-state index contributed by atoms with van der Waals surface area (Å²) in [6.45, 7) is 2.38. The number of carboxylic acid groups (broad SMARTS) is 1. The van der Waals surface area contributed by atoms with Crippen molar-refractivity contribution in [2.24, 2.45) is 5.92 Å². The highest BCUT2D eigenvalue weighted by atomic mass is 35.5. The summed E-state index contributed by atoms with van der Waals surface area (Å²) < 4.78 is 0. The van der Waals surface area contributed by atoms with E-state index in [4.69, 9.17) is 23.2 Å². The van der Waals surface area contributed by atoms with Crippen LogP contribution in [-0.2, 0) is 16.0 Å². The lowest BCUT2D eigenvalue weighted by Gasteiger charge is -2.37. The first-order chi connectivity index (χ1) is 9.90. The van der Waals surface area contributed by atoms with Crippen LogP contribution in [0.1, 0.15) is 25.3 Å². The summed E-state index contributed by atoms with van der Waals surface area (Å²) >= 11 is 11.9.